The normalized spacial score (nSPS) is 13.1. The summed E-state index contributed by atoms with van der Waals surface area (Å²) in [4.78, 5) is 10.4. The Kier molecular flexibility index (Phi) is 3.31. The van der Waals surface area contributed by atoms with Gasteiger partial charge in [-0.2, -0.15) is 8.42 Å². The Labute approximate surface area is 88.0 Å². The van der Waals surface area contributed by atoms with E-state index in [1.807, 2.05) is 0 Å². The molecule has 1 unspecified atom stereocenters. The van der Waals surface area contributed by atoms with Crippen molar-refractivity contribution in [2.45, 2.75) is 12.2 Å². The average molecular weight is 229 g/mol. The van der Waals surface area contributed by atoms with Gasteiger partial charge in [-0.25, -0.2) is 4.79 Å². The second kappa shape index (κ2) is 4.31. The summed E-state index contributed by atoms with van der Waals surface area (Å²) in [6.07, 6.45) is -1.32. The van der Waals surface area contributed by atoms with Crippen LogP contribution in [0.3, 0.4) is 0 Å². The van der Waals surface area contributed by atoms with Crippen molar-refractivity contribution in [1.29, 1.82) is 0 Å². The molecule has 1 rings (SSSR count). The van der Waals surface area contributed by atoms with E-state index in [1.54, 1.807) is 30.3 Å². The minimum absolute atomic E-state index is 0.541. The molecule has 1 atom stereocenters. The van der Waals surface area contributed by atoms with Gasteiger partial charge in [0.05, 0.1) is 0 Å². The Bertz CT molecular complexity index is 440. The van der Waals surface area contributed by atoms with E-state index < -0.39 is 21.5 Å². The van der Waals surface area contributed by atoms with Crippen molar-refractivity contribution in [1.82, 2.24) is 0 Å². The van der Waals surface area contributed by atoms with Gasteiger partial charge in [0.1, 0.15) is 5.25 Å². The van der Waals surface area contributed by atoms with Crippen LogP contribution in [-0.4, -0.2) is 14.5 Å². The molecule has 0 aliphatic rings. The predicted molar refractivity (Wildman–Crippen MR) is 54.4 cm³/mol. The molecule has 6 heteroatoms. The lowest BCUT2D eigenvalue weighted by atomic mass is 10.2. The van der Waals surface area contributed by atoms with Crippen LogP contribution < -0.4 is 5.73 Å². The van der Waals surface area contributed by atoms with Gasteiger partial charge in [0.25, 0.3) is 0 Å². The monoisotopic (exact) mass is 229 g/mol. The number of benzene rings is 1. The highest BCUT2D eigenvalue weighted by atomic mass is 32.2. The molecule has 0 saturated carbocycles. The van der Waals surface area contributed by atoms with Crippen molar-refractivity contribution < 1.29 is 17.4 Å². The van der Waals surface area contributed by atoms with Crippen LogP contribution in [0.2, 0.25) is 0 Å². The third kappa shape index (κ3) is 2.95. The lowest BCUT2D eigenvalue weighted by molar-refractivity contribution is 0.212. The Balaban J connectivity index is 2.95. The number of hydrogen-bond donors (Lipinski definition) is 1. The first-order chi connectivity index (χ1) is 6.93. The lowest BCUT2D eigenvalue weighted by Gasteiger charge is -2.11. The third-order valence-corrected chi connectivity index (χ3v) is 3.44. The molecule has 0 radical (unpaired) electrons. The zero-order chi connectivity index (χ0) is 11.5. The molecule has 0 saturated heterocycles. The first-order valence-electron chi connectivity index (χ1n) is 4.21. The summed E-state index contributed by atoms with van der Waals surface area (Å²) < 4.78 is 26.9. The standard InChI is InChI=1S/C9H11NO4S/c1-7(8-5-3-2-4-6-8)15(12,13)14-9(10)11/h2-7H,1H3,(H2,10,11). The largest absolute Gasteiger partial charge is 0.420 e. The fourth-order valence-electron chi connectivity index (χ4n) is 1.08. The van der Waals surface area contributed by atoms with Crippen molar-refractivity contribution >= 4 is 16.2 Å². The highest BCUT2D eigenvalue weighted by Crippen LogP contribution is 2.22. The summed E-state index contributed by atoms with van der Waals surface area (Å²) in [7, 11) is -3.99. The van der Waals surface area contributed by atoms with Crippen molar-refractivity contribution in [2.75, 3.05) is 0 Å². The number of primary amides is 1. The van der Waals surface area contributed by atoms with Crippen LogP contribution >= 0.6 is 0 Å². The first-order valence-corrected chi connectivity index (χ1v) is 5.68. The first kappa shape index (κ1) is 11.5. The summed E-state index contributed by atoms with van der Waals surface area (Å²) in [5.41, 5.74) is 5.19. The van der Waals surface area contributed by atoms with Crippen LogP contribution in [0.5, 0.6) is 0 Å². The minimum atomic E-state index is -3.99. The minimum Gasteiger partial charge on any atom is -0.334 e. The fraction of sp³-hybridized carbons (Fsp3) is 0.222. The SMILES string of the molecule is CC(c1ccccc1)S(=O)(=O)OC(N)=O. The highest BCUT2D eigenvalue weighted by molar-refractivity contribution is 7.87. The van der Waals surface area contributed by atoms with Gasteiger partial charge in [-0.05, 0) is 12.5 Å². The number of hydrogen-bond acceptors (Lipinski definition) is 4. The molecule has 5 nitrogen and oxygen atoms in total. The Morgan fingerprint density at radius 3 is 2.33 bits per heavy atom. The molecule has 1 aromatic rings. The van der Waals surface area contributed by atoms with Gasteiger partial charge in [0.15, 0.2) is 0 Å². The maximum atomic E-state index is 11.4. The molecule has 82 valence electrons. The summed E-state index contributed by atoms with van der Waals surface area (Å²) in [6.45, 7) is 1.42. The molecule has 0 spiro atoms. The molecular weight excluding hydrogens is 218 g/mol. The molecule has 0 heterocycles. The number of amides is 1. The average Bonchev–Trinajstić information content (AvgIpc) is 2.16. The topological polar surface area (TPSA) is 86.5 Å². The Morgan fingerprint density at radius 1 is 1.33 bits per heavy atom. The Hall–Kier alpha value is -1.56. The smallest absolute Gasteiger partial charge is 0.334 e. The quantitative estimate of drug-likeness (QED) is 0.788. The highest BCUT2D eigenvalue weighted by Gasteiger charge is 2.25. The van der Waals surface area contributed by atoms with Gasteiger partial charge in [-0.1, -0.05) is 30.3 Å². The van der Waals surface area contributed by atoms with E-state index >= 15 is 0 Å². The van der Waals surface area contributed by atoms with Crippen LogP contribution in [-0.2, 0) is 14.3 Å². The second-order valence-electron chi connectivity index (χ2n) is 2.95. The van der Waals surface area contributed by atoms with Gasteiger partial charge in [-0.15, -0.1) is 0 Å². The zero-order valence-electron chi connectivity index (χ0n) is 8.08. The van der Waals surface area contributed by atoms with E-state index in [0.717, 1.165) is 0 Å². The van der Waals surface area contributed by atoms with Gasteiger partial charge in [-0.3, -0.25) is 0 Å². The van der Waals surface area contributed by atoms with E-state index in [0.29, 0.717) is 5.56 Å². The van der Waals surface area contributed by atoms with Crippen LogP contribution in [0.4, 0.5) is 4.79 Å². The lowest BCUT2D eigenvalue weighted by Crippen LogP contribution is -2.22. The molecule has 0 aromatic heterocycles. The molecule has 0 bridgehead atoms. The second-order valence-corrected chi connectivity index (χ2v) is 4.81. The van der Waals surface area contributed by atoms with Crippen molar-refractivity contribution in [3.05, 3.63) is 35.9 Å². The van der Waals surface area contributed by atoms with E-state index in [1.165, 1.54) is 6.92 Å². The maximum absolute atomic E-state index is 11.4. The molecular formula is C9H11NO4S. The van der Waals surface area contributed by atoms with Crippen molar-refractivity contribution in [2.24, 2.45) is 5.73 Å². The number of carbonyl (C=O) groups excluding carboxylic acids is 1. The summed E-state index contributed by atoms with van der Waals surface area (Å²) in [6, 6.07) is 8.42. The van der Waals surface area contributed by atoms with E-state index in [9.17, 15) is 13.2 Å². The molecule has 15 heavy (non-hydrogen) atoms. The van der Waals surface area contributed by atoms with E-state index in [2.05, 4.69) is 9.92 Å². The molecule has 1 amide bonds. The number of rotatable bonds is 3. The van der Waals surface area contributed by atoms with Crippen LogP contribution in [0.1, 0.15) is 17.7 Å². The van der Waals surface area contributed by atoms with Gasteiger partial charge in [0.2, 0.25) is 0 Å². The van der Waals surface area contributed by atoms with Crippen molar-refractivity contribution in [3.8, 4) is 0 Å². The fourth-order valence-corrected chi connectivity index (χ4v) is 1.94. The van der Waals surface area contributed by atoms with Crippen molar-refractivity contribution in [3.63, 3.8) is 0 Å². The van der Waals surface area contributed by atoms with Crippen LogP contribution in [0, 0.1) is 0 Å². The number of nitrogens with two attached hydrogens (primary N) is 1. The maximum Gasteiger partial charge on any atom is 0.420 e. The Morgan fingerprint density at radius 2 is 1.87 bits per heavy atom. The molecule has 2 N–H and O–H groups in total. The molecule has 0 fully saturated rings. The number of carbonyl (C=O) groups is 1. The van der Waals surface area contributed by atoms with Gasteiger partial charge >= 0.3 is 16.2 Å². The van der Waals surface area contributed by atoms with E-state index in [4.69, 9.17) is 0 Å². The summed E-state index contributed by atoms with van der Waals surface area (Å²) in [5.74, 6) is 0. The van der Waals surface area contributed by atoms with E-state index in [-0.39, 0.29) is 0 Å². The molecule has 0 aliphatic heterocycles. The third-order valence-electron chi connectivity index (χ3n) is 1.90. The summed E-state index contributed by atoms with van der Waals surface area (Å²) in [5, 5.41) is -0.925. The van der Waals surface area contributed by atoms with Gasteiger partial charge in [0, 0.05) is 0 Å². The van der Waals surface area contributed by atoms with Crippen LogP contribution in [0.15, 0.2) is 30.3 Å². The predicted octanol–water partition coefficient (Wildman–Crippen LogP) is 1.17. The summed E-state index contributed by atoms with van der Waals surface area (Å²) >= 11 is 0. The van der Waals surface area contributed by atoms with Crippen LogP contribution in [0.25, 0.3) is 0 Å². The molecule has 0 aliphatic carbocycles. The zero-order valence-corrected chi connectivity index (χ0v) is 8.90. The van der Waals surface area contributed by atoms with Gasteiger partial charge < -0.3 is 9.92 Å². The molecule has 1 aromatic carbocycles.